The van der Waals surface area contributed by atoms with E-state index in [1.54, 1.807) is 18.2 Å². The second kappa shape index (κ2) is 10.8. The van der Waals surface area contributed by atoms with Gasteiger partial charge in [0.25, 0.3) is 0 Å². The number of ether oxygens (including phenoxy) is 2. The minimum absolute atomic E-state index is 0. The highest BCUT2D eigenvalue weighted by Gasteiger charge is 2.27. The number of aryl methyl sites for hydroxylation is 2. The van der Waals surface area contributed by atoms with Gasteiger partial charge in [0.2, 0.25) is 0 Å². The molecule has 0 aromatic heterocycles. The van der Waals surface area contributed by atoms with Gasteiger partial charge in [-0.15, -0.1) is 12.4 Å². The van der Waals surface area contributed by atoms with Gasteiger partial charge in [0, 0.05) is 12.6 Å². The molecule has 2 aromatic rings. The zero-order chi connectivity index (χ0) is 20.1. The number of halogens is 3. The van der Waals surface area contributed by atoms with Crippen molar-refractivity contribution in [1.82, 2.24) is 4.90 Å². The van der Waals surface area contributed by atoms with Gasteiger partial charge < -0.3 is 19.5 Å². The van der Waals surface area contributed by atoms with Crippen LogP contribution in [0.15, 0.2) is 36.4 Å². The highest BCUT2D eigenvalue weighted by atomic mass is 35.5. The topological polar surface area (TPSA) is 41.9 Å². The molecule has 160 valence electrons. The molecule has 1 N–H and O–H groups in total. The molecule has 29 heavy (non-hydrogen) atoms. The van der Waals surface area contributed by atoms with E-state index in [1.165, 1.54) is 25.3 Å². The normalized spacial score (nSPS) is 19.1. The molecule has 0 amide bonds. The largest absolute Gasteiger partial charge is 0.494 e. The molecule has 0 aliphatic carbocycles. The van der Waals surface area contributed by atoms with Crippen molar-refractivity contribution in [1.29, 1.82) is 0 Å². The number of benzene rings is 2. The van der Waals surface area contributed by atoms with E-state index >= 15 is 0 Å². The molecule has 7 heteroatoms. The zero-order valence-electron chi connectivity index (χ0n) is 16.7. The summed E-state index contributed by atoms with van der Waals surface area (Å²) >= 11 is 0. The van der Waals surface area contributed by atoms with Crippen LogP contribution < -0.4 is 9.47 Å². The molecule has 0 radical (unpaired) electrons. The van der Waals surface area contributed by atoms with Gasteiger partial charge in [-0.3, -0.25) is 0 Å². The lowest BCUT2D eigenvalue weighted by Crippen LogP contribution is -2.26. The number of likely N-dealkylation sites (tertiary alicyclic amines) is 1. The van der Waals surface area contributed by atoms with E-state index in [0.717, 1.165) is 24.0 Å². The first-order valence-electron chi connectivity index (χ1n) is 9.58. The molecule has 0 saturated carbocycles. The molecular weight excluding hydrogens is 400 g/mol. The average Bonchev–Trinajstić information content (AvgIpc) is 2.99. The third-order valence-electron chi connectivity index (χ3n) is 5.30. The van der Waals surface area contributed by atoms with Crippen LogP contribution in [0.25, 0.3) is 0 Å². The van der Waals surface area contributed by atoms with Gasteiger partial charge in [0.15, 0.2) is 11.6 Å². The summed E-state index contributed by atoms with van der Waals surface area (Å²) in [6.07, 6.45) is 2.48. The van der Waals surface area contributed by atoms with Crippen LogP contribution in [0.2, 0.25) is 0 Å². The molecule has 1 heterocycles. The molecule has 1 aliphatic heterocycles. The fourth-order valence-electron chi connectivity index (χ4n) is 3.72. The number of rotatable bonds is 8. The molecule has 4 nitrogen and oxygen atoms in total. The van der Waals surface area contributed by atoms with Crippen LogP contribution in [0.1, 0.15) is 24.0 Å². The summed E-state index contributed by atoms with van der Waals surface area (Å²) in [6.45, 7) is 1.19. The van der Waals surface area contributed by atoms with Crippen LogP contribution in [-0.2, 0) is 12.8 Å². The molecule has 1 fully saturated rings. The van der Waals surface area contributed by atoms with E-state index in [-0.39, 0.29) is 30.1 Å². The number of methoxy groups -OCH3 is 1. The Kier molecular flexibility index (Phi) is 8.68. The fourth-order valence-corrected chi connectivity index (χ4v) is 3.72. The highest BCUT2D eigenvalue weighted by Crippen LogP contribution is 2.25. The summed E-state index contributed by atoms with van der Waals surface area (Å²) in [5.41, 5.74) is 1.69. The summed E-state index contributed by atoms with van der Waals surface area (Å²) in [5.74, 6) is 0.161. The van der Waals surface area contributed by atoms with Crippen LogP contribution in [0.4, 0.5) is 8.78 Å². The second-order valence-electron chi connectivity index (χ2n) is 7.34. The van der Waals surface area contributed by atoms with Gasteiger partial charge in [-0.2, -0.15) is 0 Å². The summed E-state index contributed by atoms with van der Waals surface area (Å²) in [4.78, 5) is 2.14. The monoisotopic (exact) mass is 427 g/mol. The summed E-state index contributed by atoms with van der Waals surface area (Å²) in [5, 5.41) is 9.74. The second-order valence-corrected chi connectivity index (χ2v) is 7.34. The Bertz CT molecular complexity index is 806. The number of β-amino-alcohol motifs (C(OH)–C–C–N with tert-alkyl or cyclic N) is 1. The summed E-state index contributed by atoms with van der Waals surface area (Å²) in [6, 6.07) is 9.58. The van der Waals surface area contributed by atoms with Crippen molar-refractivity contribution >= 4 is 12.4 Å². The Balaban J connectivity index is 0.00000300. The third kappa shape index (κ3) is 6.29. The van der Waals surface area contributed by atoms with E-state index in [2.05, 4.69) is 4.90 Å². The summed E-state index contributed by atoms with van der Waals surface area (Å²) in [7, 11) is 3.43. The highest BCUT2D eigenvalue weighted by molar-refractivity contribution is 5.85. The van der Waals surface area contributed by atoms with Gasteiger partial charge in [0.1, 0.15) is 11.6 Å². The number of likely N-dealkylation sites (N-methyl/N-ethyl adjacent to an activating group) is 1. The Morgan fingerprint density at radius 2 is 1.90 bits per heavy atom. The first kappa shape index (κ1) is 23.4. The lowest BCUT2D eigenvalue weighted by molar-refractivity contribution is 0.182. The predicted octanol–water partition coefficient (Wildman–Crippen LogP) is 4.01. The first-order chi connectivity index (χ1) is 13.5. The van der Waals surface area contributed by atoms with Crippen molar-refractivity contribution in [3.05, 3.63) is 59.2 Å². The van der Waals surface area contributed by atoms with Gasteiger partial charge >= 0.3 is 0 Å². The number of hydrogen-bond acceptors (Lipinski definition) is 4. The lowest BCUT2D eigenvalue weighted by Gasteiger charge is -2.19. The molecule has 1 saturated heterocycles. The Hall–Kier alpha value is -1.89. The van der Waals surface area contributed by atoms with E-state index in [4.69, 9.17) is 9.47 Å². The number of nitrogens with zero attached hydrogens (tertiary/aromatic N) is 1. The third-order valence-corrected chi connectivity index (χ3v) is 5.30. The molecule has 2 unspecified atom stereocenters. The van der Waals surface area contributed by atoms with Crippen LogP contribution in [0, 0.1) is 11.6 Å². The minimum atomic E-state index is -0.400. The number of aliphatic hydroxyl groups excluding tert-OH is 1. The maximum Gasteiger partial charge on any atom is 0.165 e. The van der Waals surface area contributed by atoms with E-state index in [9.17, 15) is 13.9 Å². The molecule has 3 rings (SSSR count). The lowest BCUT2D eigenvalue weighted by atomic mass is 10.0. The van der Waals surface area contributed by atoms with Crippen molar-refractivity contribution < 1.29 is 23.4 Å². The van der Waals surface area contributed by atoms with Crippen LogP contribution in [0.3, 0.4) is 0 Å². The van der Waals surface area contributed by atoms with Crippen LogP contribution in [-0.4, -0.2) is 49.5 Å². The number of aliphatic hydroxyl groups is 1. The molecule has 1 aliphatic rings. The Labute approximate surface area is 176 Å². The zero-order valence-corrected chi connectivity index (χ0v) is 17.6. The van der Waals surface area contributed by atoms with Gasteiger partial charge in [-0.05, 0) is 74.2 Å². The smallest absolute Gasteiger partial charge is 0.165 e. The molecule has 0 bridgehead atoms. The van der Waals surface area contributed by atoms with Crippen LogP contribution in [0.5, 0.6) is 11.5 Å². The van der Waals surface area contributed by atoms with E-state index in [1.807, 2.05) is 7.05 Å². The van der Waals surface area contributed by atoms with E-state index < -0.39 is 5.82 Å². The SMILES string of the molecule is COc1cc(CCc2cc(F)ccc2OCCC2CC(O)CN2C)ccc1F.Cl. The van der Waals surface area contributed by atoms with Gasteiger partial charge in [0.05, 0.1) is 19.8 Å². The first-order valence-corrected chi connectivity index (χ1v) is 9.58. The number of hydrogen-bond donors (Lipinski definition) is 1. The quantitative estimate of drug-likeness (QED) is 0.691. The Morgan fingerprint density at radius 1 is 1.10 bits per heavy atom. The maximum absolute atomic E-state index is 13.7. The Morgan fingerprint density at radius 3 is 2.59 bits per heavy atom. The van der Waals surface area contributed by atoms with Gasteiger partial charge in [-0.25, -0.2) is 8.78 Å². The molecule has 2 aromatic carbocycles. The standard InChI is InChI=1S/C22H27F2NO3.ClH/c1-25-14-19(26)13-18(25)9-10-28-21-8-6-17(23)12-16(21)5-3-15-4-7-20(24)22(11-15)27-2;/h4,6-8,11-12,18-19,26H,3,5,9-10,13-14H2,1-2H3;1H. The average molecular weight is 428 g/mol. The van der Waals surface area contributed by atoms with Gasteiger partial charge in [-0.1, -0.05) is 6.07 Å². The van der Waals surface area contributed by atoms with Crippen molar-refractivity contribution in [2.45, 2.75) is 37.8 Å². The molecular formula is C22H28ClF2NO3. The van der Waals surface area contributed by atoms with Crippen LogP contribution >= 0.6 is 12.4 Å². The molecule has 0 spiro atoms. The van der Waals surface area contributed by atoms with Crippen molar-refractivity contribution in [2.24, 2.45) is 0 Å². The summed E-state index contributed by atoms with van der Waals surface area (Å²) < 4.78 is 38.3. The maximum atomic E-state index is 13.7. The fraction of sp³-hybridized carbons (Fsp3) is 0.455. The van der Waals surface area contributed by atoms with Crippen molar-refractivity contribution in [3.8, 4) is 11.5 Å². The predicted molar refractivity (Wildman–Crippen MR) is 111 cm³/mol. The van der Waals surface area contributed by atoms with Crippen molar-refractivity contribution in [2.75, 3.05) is 27.3 Å². The van der Waals surface area contributed by atoms with Crippen molar-refractivity contribution in [3.63, 3.8) is 0 Å². The minimum Gasteiger partial charge on any atom is -0.494 e. The van der Waals surface area contributed by atoms with E-state index in [0.29, 0.717) is 37.8 Å². The molecule has 2 atom stereocenters.